The molecule has 0 spiro atoms. The fraction of sp³-hybridized carbons (Fsp3) is 0.636. The lowest BCUT2D eigenvalue weighted by molar-refractivity contribution is 0.218. The third kappa shape index (κ3) is 4.15. The van der Waals surface area contributed by atoms with E-state index in [2.05, 4.69) is 26.0 Å². The van der Waals surface area contributed by atoms with Crippen LogP contribution in [0.15, 0.2) is 12.1 Å². The molecule has 0 amide bonds. The predicted octanol–water partition coefficient (Wildman–Crippen LogP) is 2.82. The van der Waals surface area contributed by atoms with Crippen molar-refractivity contribution in [1.29, 1.82) is 0 Å². The van der Waals surface area contributed by atoms with Crippen LogP contribution in [0.4, 0.5) is 0 Å². The first kappa shape index (κ1) is 13.0. The van der Waals surface area contributed by atoms with Crippen molar-refractivity contribution in [3.63, 3.8) is 0 Å². The molecule has 15 heavy (non-hydrogen) atoms. The number of hydrogen-bond donors (Lipinski definition) is 1. The molecule has 0 radical (unpaired) electrons. The zero-order valence-corrected chi connectivity index (χ0v) is 11.2. The van der Waals surface area contributed by atoms with Gasteiger partial charge < -0.3 is 10.5 Å². The van der Waals surface area contributed by atoms with E-state index in [9.17, 15) is 0 Å². The SMILES string of the molecule is COCCSC(c1ccc(C)s1)C(C)N. The average molecular weight is 245 g/mol. The Morgan fingerprint density at radius 2 is 2.27 bits per heavy atom. The summed E-state index contributed by atoms with van der Waals surface area (Å²) in [5.74, 6) is 1.000. The third-order valence-corrected chi connectivity index (χ3v) is 4.78. The molecule has 0 aromatic carbocycles. The Morgan fingerprint density at radius 1 is 1.53 bits per heavy atom. The summed E-state index contributed by atoms with van der Waals surface area (Å²) in [6.45, 7) is 4.99. The van der Waals surface area contributed by atoms with Gasteiger partial charge >= 0.3 is 0 Å². The summed E-state index contributed by atoms with van der Waals surface area (Å²) in [7, 11) is 1.73. The molecule has 86 valence electrons. The average Bonchev–Trinajstić information content (AvgIpc) is 2.59. The molecule has 0 aliphatic carbocycles. The minimum absolute atomic E-state index is 0.185. The number of methoxy groups -OCH3 is 1. The van der Waals surface area contributed by atoms with Crippen LogP contribution in [0.3, 0.4) is 0 Å². The number of hydrogen-bond acceptors (Lipinski definition) is 4. The molecular formula is C11H19NOS2. The Hall–Kier alpha value is -0.0300. The fourth-order valence-electron chi connectivity index (χ4n) is 1.36. The summed E-state index contributed by atoms with van der Waals surface area (Å²) in [4.78, 5) is 2.73. The number of ether oxygens (including phenoxy) is 1. The monoisotopic (exact) mass is 245 g/mol. The molecule has 0 aliphatic rings. The molecule has 2 N–H and O–H groups in total. The van der Waals surface area contributed by atoms with Crippen LogP contribution in [0.1, 0.15) is 21.9 Å². The van der Waals surface area contributed by atoms with Gasteiger partial charge in [-0.2, -0.15) is 0 Å². The Morgan fingerprint density at radius 3 is 2.73 bits per heavy atom. The fourth-order valence-corrected chi connectivity index (χ4v) is 3.74. The van der Waals surface area contributed by atoms with Crippen molar-refractivity contribution in [2.75, 3.05) is 19.5 Å². The second-order valence-electron chi connectivity index (χ2n) is 3.59. The maximum absolute atomic E-state index is 6.01. The molecule has 0 saturated carbocycles. The van der Waals surface area contributed by atoms with Crippen molar-refractivity contribution >= 4 is 23.1 Å². The molecule has 0 saturated heterocycles. The molecular weight excluding hydrogens is 226 g/mol. The molecule has 2 atom stereocenters. The first-order valence-corrected chi connectivity index (χ1v) is 6.94. The summed E-state index contributed by atoms with van der Waals surface area (Å²) in [5, 5.41) is 0.402. The maximum Gasteiger partial charge on any atom is 0.0553 e. The van der Waals surface area contributed by atoms with Crippen molar-refractivity contribution in [2.45, 2.75) is 25.1 Å². The molecule has 1 aromatic rings. The van der Waals surface area contributed by atoms with Crippen LogP contribution in [0.5, 0.6) is 0 Å². The van der Waals surface area contributed by atoms with Crippen LogP contribution in [-0.4, -0.2) is 25.5 Å². The predicted molar refractivity (Wildman–Crippen MR) is 69.8 cm³/mol. The summed E-state index contributed by atoms with van der Waals surface area (Å²) >= 11 is 3.72. The third-order valence-electron chi connectivity index (χ3n) is 2.10. The van der Waals surface area contributed by atoms with Gasteiger partial charge in [0.25, 0.3) is 0 Å². The highest BCUT2D eigenvalue weighted by atomic mass is 32.2. The minimum Gasteiger partial charge on any atom is -0.384 e. The van der Waals surface area contributed by atoms with Crippen LogP contribution < -0.4 is 5.73 Å². The van der Waals surface area contributed by atoms with Crippen molar-refractivity contribution < 1.29 is 4.74 Å². The van der Waals surface area contributed by atoms with E-state index in [1.54, 1.807) is 7.11 Å². The summed E-state index contributed by atoms with van der Waals surface area (Å²) in [6.07, 6.45) is 0. The summed E-state index contributed by atoms with van der Waals surface area (Å²) in [6, 6.07) is 4.53. The van der Waals surface area contributed by atoms with Crippen LogP contribution in [-0.2, 0) is 4.74 Å². The normalized spacial score (nSPS) is 15.2. The Kier molecular flexibility index (Phi) is 5.68. The van der Waals surface area contributed by atoms with Crippen molar-refractivity contribution in [3.8, 4) is 0 Å². The summed E-state index contributed by atoms with van der Waals surface area (Å²) < 4.78 is 5.05. The van der Waals surface area contributed by atoms with Gasteiger partial charge in [-0.25, -0.2) is 0 Å². The number of rotatable bonds is 6. The molecule has 2 unspecified atom stereocenters. The highest BCUT2D eigenvalue weighted by Gasteiger charge is 2.17. The van der Waals surface area contributed by atoms with E-state index in [0.717, 1.165) is 12.4 Å². The van der Waals surface area contributed by atoms with E-state index in [0.29, 0.717) is 5.25 Å². The Bertz CT molecular complexity index is 286. The van der Waals surface area contributed by atoms with Gasteiger partial charge in [-0.15, -0.1) is 23.1 Å². The van der Waals surface area contributed by atoms with Crippen molar-refractivity contribution in [3.05, 3.63) is 21.9 Å². The zero-order valence-electron chi connectivity index (χ0n) is 9.53. The van der Waals surface area contributed by atoms with Crippen molar-refractivity contribution in [1.82, 2.24) is 0 Å². The largest absolute Gasteiger partial charge is 0.384 e. The lowest BCUT2D eigenvalue weighted by atomic mass is 10.2. The molecule has 0 bridgehead atoms. The van der Waals surface area contributed by atoms with Gasteiger partial charge in [0, 0.05) is 28.7 Å². The lowest BCUT2D eigenvalue weighted by Crippen LogP contribution is -2.22. The number of thiophene rings is 1. The Balaban J connectivity index is 2.58. The molecule has 4 heteroatoms. The van der Waals surface area contributed by atoms with E-state index in [1.165, 1.54) is 9.75 Å². The molecule has 0 aliphatic heterocycles. The molecule has 0 fully saturated rings. The van der Waals surface area contributed by atoms with E-state index in [4.69, 9.17) is 10.5 Å². The zero-order chi connectivity index (χ0) is 11.3. The molecule has 2 nitrogen and oxygen atoms in total. The highest BCUT2D eigenvalue weighted by Crippen LogP contribution is 2.35. The van der Waals surface area contributed by atoms with Gasteiger partial charge in [0.1, 0.15) is 0 Å². The van der Waals surface area contributed by atoms with Crippen LogP contribution in [0, 0.1) is 6.92 Å². The lowest BCUT2D eigenvalue weighted by Gasteiger charge is -2.18. The number of aryl methyl sites for hydroxylation is 1. The van der Waals surface area contributed by atoms with Gasteiger partial charge in [0.15, 0.2) is 0 Å². The van der Waals surface area contributed by atoms with Crippen LogP contribution in [0.2, 0.25) is 0 Å². The van der Waals surface area contributed by atoms with Gasteiger partial charge in [0.2, 0.25) is 0 Å². The quantitative estimate of drug-likeness (QED) is 0.783. The first-order chi connectivity index (χ1) is 7.15. The summed E-state index contributed by atoms with van der Waals surface area (Å²) in [5.41, 5.74) is 6.01. The molecule has 1 heterocycles. The van der Waals surface area contributed by atoms with E-state index in [-0.39, 0.29) is 6.04 Å². The van der Waals surface area contributed by atoms with Crippen LogP contribution >= 0.6 is 23.1 Å². The smallest absolute Gasteiger partial charge is 0.0553 e. The Labute approximate surface area is 100 Å². The second kappa shape index (κ2) is 6.53. The number of thioether (sulfide) groups is 1. The molecule has 1 aromatic heterocycles. The first-order valence-electron chi connectivity index (χ1n) is 5.07. The van der Waals surface area contributed by atoms with E-state index in [1.807, 2.05) is 23.1 Å². The van der Waals surface area contributed by atoms with Gasteiger partial charge in [-0.1, -0.05) is 0 Å². The highest BCUT2D eigenvalue weighted by molar-refractivity contribution is 7.99. The standard InChI is InChI=1S/C11H19NOS2/c1-8-4-5-10(15-8)11(9(2)12)14-7-6-13-3/h4-5,9,11H,6-7,12H2,1-3H3. The van der Waals surface area contributed by atoms with Gasteiger partial charge in [-0.05, 0) is 26.0 Å². The van der Waals surface area contributed by atoms with E-state index >= 15 is 0 Å². The minimum atomic E-state index is 0.185. The van der Waals surface area contributed by atoms with Gasteiger partial charge in [0.05, 0.1) is 11.9 Å². The number of nitrogens with two attached hydrogens (primary N) is 1. The maximum atomic E-state index is 6.01. The second-order valence-corrected chi connectivity index (χ2v) is 6.16. The van der Waals surface area contributed by atoms with Gasteiger partial charge in [-0.3, -0.25) is 0 Å². The molecule has 1 rings (SSSR count). The topological polar surface area (TPSA) is 35.2 Å². The van der Waals surface area contributed by atoms with Crippen molar-refractivity contribution in [2.24, 2.45) is 5.73 Å². The van der Waals surface area contributed by atoms with Crippen LogP contribution in [0.25, 0.3) is 0 Å². The van der Waals surface area contributed by atoms with E-state index < -0.39 is 0 Å².